The smallest absolute Gasteiger partial charge is 0.232 e. The van der Waals surface area contributed by atoms with Crippen molar-refractivity contribution >= 4 is 49.0 Å². The molecule has 0 saturated heterocycles. The first-order valence-corrected chi connectivity index (χ1v) is 13.8. The summed E-state index contributed by atoms with van der Waals surface area (Å²) in [5.41, 5.74) is 3.60. The topological polar surface area (TPSA) is 131 Å². The van der Waals surface area contributed by atoms with E-state index in [4.69, 9.17) is 19.4 Å². The Hall–Kier alpha value is -4.22. The van der Waals surface area contributed by atoms with E-state index < -0.39 is 10.0 Å². The SMILES string of the molecule is CCCS(=O)(=O)Nc1cccc(-c2nc(Nc3ccc4[nH]ncc4c3)c3cc(OCCOC)ccc3n2)c1. The van der Waals surface area contributed by atoms with Gasteiger partial charge in [-0.3, -0.25) is 9.82 Å². The minimum atomic E-state index is -3.43. The van der Waals surface area contributed by atoms with E-state index in [-0.39, 0.29) is 5.75 Å². The van der Waals surface area contributed by atoms with Crippen molar-refractivity contribution < 1.29 is 17.9 Å². The molecule has 0 aliphatic rings. The Morgan fingerprint density at radius 2 is 1.87 bits per heavy atom. The number of sulfonamides is 1. The molecule has 10 nitrogen and oxygen atoms in total. The first-order chi connectivity index (χ1) is 18.4. The number of methoxy groups -OCH3 is 1. The summed E-state index contributed by atoms with van der Waals surface area (Å²) in [6.07, 6.45) is 2.29. The maximum Gasteiger partial charge on any atom is 0.232 e. The fraction of sp³-hybridized carbons (Fsp3) is 0.222. The van der Waals surface area contributed by atoms with Crippen molar-refractivity contribution in [2.24, 2.45) is 0 Å². The van der Waals surface area contributed by atoms with Gasteiger partial charge < -0.3 is 14.8 Å². The highest BCUT2D eigenvalue weighted by atomic mass is 32.2. The number of rotatable bonds is 11. The molecule has 3 aromatic carbocycles. The maximum absolute atomic E-state index is 12.3. The second-order valence-electron chi connectivity index (χ2n) is 8.71. The van der Waals surface area contributed by atoms with Gasteiger partial charge in [0.2, 0.25) is 10.0 Å². The largest absolute Gasteiger partial charge is 0.491 e. The molecule has 2 aromatic heterocycles. The number of nitrogens with zero attached hydrogens (tertiary/aromatic N) is 3. The lowest BCUT2D eigenvalue weighted by Crippen LogP contribution is -2.16. The minimum absolute atomic E-state index is 0.0492. The zero-order valence-corrected chi connectivity index (χ0v) is 21.9. The van der Waals surface area contributed by atoms with Crippen LogP contribution in [0.3, 0.4) is 0 Å². The third-order valence-electron chi connectivity index (χ3n) is 5.79. The number of benzene rings is 3. The number of H-pyrrole nitrogens is 1. The first-order valence-electron chi connectivity index (χ1n) is 12.2. The van der Waals surface area contributed by atoms with E-state index >= 15 is 0 Å². The quantitative estimate of drug-likeness (QED) is 0.200. The van der Waals surface area contributed by atoms with Crippen LogP contribution in [0.2, 0.25) is 0 Å². The summed E-state index contributed by atoms with van der Waals surface area (Å²) < 4.78 is 38.1. The van der Waals surface area contributed by atoms with E-state index in [9.17, 15) is 8.42 Å². The van der Waals surface area contributed by atoms with Crippen LogP contribution >= 0.6 is 0 Å². The average molecular weight is 533 g/mol. The number of fused-ring (bicyclic) bond motifs is 2. The van der Waals surface area contributed by atoms with Gasteiger partial charge in [0.05, 0.1) is 29.6 Å². The van der Waals surface area contributed by atoms with Crippen LogP contribution in [0, 0.1) is 0 Å². The molecule has 0 spiro atoms. The number of hydrogen-bond donors (Lipinski definition) is 3. The van der Waals surface area contributed by atoms with Gasteiger partial charge in [0.25, 0.3) is 0 Å². The Morgan fingerprint density at radius 1 is 0.974 bits per heavy atom. The van der Waals surface area contributed by atoms with Crippen LogP contribution in [0.15, 0.2) is 66.9 Å². The summed E-state index contributed by atoms with van der Waals surface area (Å²) in [4.78, 5) is 9.62. The Bertz CT molecular complexity index is 1690. The monoisotopic (exact) mass is 532 g/mol. The third kappa shape index (κ3) is 5.84. The van der Waals surface area contributed by atoms with E-state index in [2.05, 4.69) is 20.2 Å². The van der Waals surface area contributed by atoms with Crippen molar-refractivity contribution in [2.75, 3.05) is 36.1 Å². The summed E-state index contributed by atoms with van der Waals surface area (Å²) >= 11 is 0. The zero-order valence-electron chi connectivity index (χ0n) is 21.1. The molecule has 0 aliphatic heterocycles. The molecule has 5 aromatic rings. The molecule has 0 saturated carbocycles. The standard InChI is InChI=1S/C27H28N6O4S/c1-3-13-38(34,35)33-21-6-4-5-18(14-21)26-30-25-10-8-22(37-12-11-36-2)16-23(25)27(31-26)29-20-7-9-24-19(15-20)17-28-32-24/h4-10,14-17,33H,3,11-13H2,1-2H3,(H,28,32)(H,29,30,31). The summed E-state index contributed by atoms with van der Waals surface area (Å²) in [6, 6.07) is 18.6. The second kappa shape index (κ2) is 11.0. The average Bonchev–Trinajstić information content (AvgIpc) is 3.37. The molecule has 5 rings (SSSR count). The highest BCUT2D eigenvalue weighted by Crippen LogP contribution is 2.31. The van der Waals surface area contributed by atoms with E-state index in [1.807, 2.05) is 49.4 Å². The number of ether oxygens (including phenoxy) is 2. The van der Waals surface area contributed by atoms with Gasteiger partial charge in [-0.2, -0.15) is 5.10 Å². The van der Waals surface area contributed by atoms with E-state index in [0.29, 0.717) is 53.8 Å². The maximum atomic E-state index is 12.3. The third-order valence-corrected chi connectivity index (χ3v) is 7.29. The number of aromatic nitrogens is 4. The molecule has 0 fully saturated rings. The van der Waals surface area contributed by atoms with Crippen molar-refractivity contribution in [1.82, 2.24) is 20.2 Å². The number of anilines is 3. The molecule has 0 aliphatic carbocycles. The molecule has 0 radical (unpaired) electrons. The van der Waals surface area contributed by atoms with Gasteiger partial charge in [-0.05, 0) is 55.0 Å². The van der Waals surface area contributed by atoms with E-state index in [0.717, 1.165) is 22.0 Å². The van der Waals surface area contributed by atoms with Gasteiger partial charge in [-0.1, -0.05) is 19.1 Å². The number of hydrogen-bond acceptors (Lipinski definition) is 8. The zero-order chi connectivity index (χ0) is 26.5. The molecular formula is C27H28N6O4S. The van der Waals surface area contributed by atoms with Gasteiger partial charge in [0.15, 0.2) is 5.82 Å². The molecule has 3 N–H and O–H groups in total. The second-order valence-corrected chi connectivity index (χ2v) is 10.6. The lowest BCUT2D eigenvalue weighted by atomic mass is 10.1. The van der Waals surface area contributed by atoms with Gasteiger partial charge in [0, 0.05) is 34.8 Å². The molecule has 0 atom stereocenters. The van der Waals surface area contributed by atoms with Gasteiger partial charge >= 0.3 is 0 Å². The Kier molecular flexibility index (Phi) is 7.38. The Morgan fingerprint density at radius 3 is 2.71 bits per heavy atom. The Balaban J connectivity index is 1.56. The van der Waals surface area contributed by atoms with E-state index in [1.165, 1.54) is 0 Å². The molecule has 0 bridgehead atoms. The van der Waals surface area contributed by atoms with Crippen LogP contribution in [0.5, 0.6) is 5.75 Å². The van der Waals surface area contributed by atoms with Gasteiger partial charge in [-0.25, -0.2) is 18.4 Å². The van der Waals surface area contributed by atoms with Gasteiger partial charge in [0.1, 0.15) is 18.2 Å². The molecule has 0 unspecified atom stereocenters. The lowest BCUT2D eigenvalue weighted by molar-refractivity contribution is 0.146. The van der Waals surface area contributed by atoms with Crippen molar-refractivity contribution in [3.63, 3.8) is 0 Å². The van der Waals surface area contributed by atoms with Crippen LogP contribution in [-0.2, 0) is 14.8 Å². The lowest BCUT2D eigenvalue weighted by Gasteiger charge is -2.14. The van der Waals surface area contributed by atoms with Crippen LogP contribution in [0.1, 0.15) is 13.3 Å². The van der Waals surface area contributed by atoms with Crippen LogP contribution < -0.4 is 14.8 Å². The first kappa shape index (κ1) is 25.4. The highest BCUT2D eigenvalue weighted by Gasteiger charge is 2.14. The van der Waals surface area contributed by atoms with E-state index in [1.54, 1.807) is 31.5 Å². The molecule has 2 heterocycles. The molecule has 38 heavy (non-hydrogen) atoms. The van der Waals surface area contributed by atoms with Crippen molar-refractivity contribution in [2.45, 2.75) is 13.3 Å². The highest BCUT2D eigenvalue weighted by molar-refractivity contribution is 7.92. The summed E-state index contributed by atoms with van der Waals surface area (Å²) in [7, 11) is -1.80. The van der Waals surface area contributed by atoms with Crippen LogP contribution in [-0.4, -0.2) is 54.7 Å². The number of nitrogens with one attached hydrogen (secondary N) is 3. The fourth-order valence-corrected chi connectivity index (χ4v) is 5.17. The molecule has 11 heteroatoms. The molecular weight excluding hydrogens is 504 g/mol. The summed E-state index contributed by atoms with van der Waals surface area (Å²) in [6.45, 7) is 2.72. The fourth-order valence-electron chi connectivity index (χ4n) is 4.04. The Labute approximate surface area is 220 Å². The number of aromatic amines is 1. The van der Waals surface area contributed by atoms with Crippen molar-refractivity contribution in [1.29, 1.82) is 0 Å². The normalized spacial score (nSPS) is 11.6. The van der Waals surface area contributed by atoms with Crippen molar-refractivity contribution in [3.05, 3.63) is 66.9 Å². The molecule has 196 valence electrons. The molecule has 0 amide bonds. The predicted molar refractivity (Wildman–Crippen MR) is 149 cm³/mol. The minimum Gasteiger partial charge on any atom is -0.491 e. The summed E-state index contributed by atoms with van der Waals surface area (Å²) in [5.74, 6) is 1.76. The summed E-state index contributed by atoms with van der Waals surface area (Å²) in [5, 5.41) is 12.2. The van der Waals surface area contributed by atoms with Crippen LogP contribution in [0.25, 0.3) is 33.2 Å². The van der Waals surface area contributed by atoms with Gasteiger partial charge in [-0.15, -0.1) is 0 Å². The predicted octanol–water partition coefficient (Wildman–Crippen LogP) is 5.09. The van der Waals surface area contributed by atoms with Crippen LogP contribution in [0.4, 0.5) is 17.2 Å². The van der Waals surface area contributed by atoms with Crippen molar-refractivity contribution in [3.8, 4) is 17.1 Å².